The molecule has 0 radical (unpaired) electrons. The molecule has 2 unspecified atom stereocenters. The lowest BCUT2D eigenvalue weighted by atomic mass is 9.74. The van der Waals surface area contributed by atoms with E-state index < -0.39 is 17.4 Å². The van der Waals surface area contributed by atoms with Crippen LogP contribution in [0.5, 0.6) is 0 Å². The van der Waals surface area contributed by atoms with E-state index in [0.717, 1.165) is 50.5 Å². The van der Waals surface area contributed by atoms with Gasteiger partial charge >= 0.3 is 11.9 Å². The van der Waals surface area contributed by atoms with Crippen LogP contribution in [0.3, 0.4) is 0 Å². The molecule has 2 N–H and O–H groups in total. The zero-order chi connectivity index (χ0) is 29.3. The molecule has 0 amide bonds. The van der Waals surface area contributed by atoms with Crippen LogP contribution in [-0.2, 0) is 25.2 Å². The van der Waals surface area contributed by atoms with Gasteiger partial charge in [-0.05, 0) is 62.0 Å². The Balaban J connectivity index is 1.75. The minimum atomic E-state index is -0.978. The zero-order valence-corrected chi connectivity index (χ0v) is 24.7. The number of carbonyl (C=O) groups is 3. The molecular weight excluding hydrogens is 500 g/mol. The van der Waals surface area contributed by atoms with Crippen LogP contribution >= 0.6 is 0 Å². The predicted octanol–water partition coefficient (Wildman–Crippen LogP) is 8.88. The maximum atomic E-state index is 12.7. The fourth-order valence-corrected chi connectivity index (χ4v) is 5.73. The number of unbranched alkanes of at least 4 members (excludes halogenated alkanes) is 7. The van der Waals surface area contributed by atoms with Crippen LogP contribution in [0.2, 0.25) is 0 Å². The smallest absolute Gasteiger partial charge is 0.313 e. The summed E-state index contributed by atoms with van der Waals surface area (Å²) in [6.07, 6.45) is 14.0. The number of hydrogen-bond donors (Lipinski definition) is 2. The van der Waals surface area contributed by atoms with Crippen molar-refractivity contribution in [1.82, 2.24) is 0 Å². The van der Waals surface area contributed by atoms with E-state index in [1.54, 1.807) is 6.92 Å². The van der Waals surface area contributed by atoms with Crippen LogP contribution in [-0.4, -0.2) is 27.9 Å². The van der Waals surface area contributed by atoms with Gasteiger partial charge in [-0.2, -0.15) is 0 Å². The molecule has 0 saturated heterocycles. The number of hydrogen-bond acceptors (Lipinski definition) is 3. The molecule has 0 fully saturated rings. The topological polar surface area (TPSA) is 91.7 Å². The Labute approximate surface area is 241 Å². The SMILES string of the molecule is CC(CCCCCCCCCCC(=O)O)(CCCC(=O)CCCC(C)(C(=O)O)c1ccccc1)c1ccccc1. The van der Waals surface area contributed by atoms with E-state index in [4.69, 9.17) is 5.11 Å². The highest BCUT2D eigenvalue weighted by molar-refractivity contribution is 5.81. The number of Topliss-reactive ketones (excluding diaryl/α,β-unsaturated/α-hetero) is 1. The number of rotatable bonds is 22. The van der Waals surface area contributed by atoms with Crippen LogP contribution in [0.1, 0.15) is 128 Å². The number of aliphatic carboxylic acids is 2. The molecule has 0 aromatic heterocycles. The van der Waals surface area contributed by atoms with Crippen molar-refractivity contribution in [1.29, 1.82) is 0 Å². The fourth-order valence-electron chi connectivity index (χ4n) is 5.73. The second-order valence-electron chi connectivity index (χ2n) is 11.9. The Hall–Kier alpha value is -2.95. The van der Waals surface area contributed by atoms with Gasteiger partial charge in [0.1, 0.15) is 5.78 Å². The van der Waals surface area contributed by atoms with Crippen molar-refractivity contribution in [3.05, 3.63) is 71.8 Å². The molecule has 5 heteroatoms. The highest BCUT2D eigenvalue weighted by Crippen LogP contribution is 2.35. The molecule has 0 heterocycles. The molecule has 0 aliphatic carbocycles. The summed E-state index contributed by atoms with van der Waals surface area (Å²) in [4.78, 5) is 35.4. The maximum absolute atomic E-state index is 12.7. The molecule has 2 aromatic rings. The molecule has 0 spiro atoms. The van der Waals surface area contributed by atoms with E-state index >= 15 is 0 Å². The third-order valence-corrected chi connectivity index (χ3v) is 8.54. The maximum Gasteiger partial charge on any atom is 0.313 e. The first-order valence-corrected chi connectivity index (χ1v) is 15.3. The van der Waals surface area contributed by atoms with Crippen molar-refractivity contribution >= 4 is 17.7 Å². The Morgan fingerprint density at radius 3 is 1.52 bits per heavy atom. The minimum absolute atomic E-state index is 0.0353. The van der Waals surface area contributed by atoms with E-state index in [1.807, 2.05) is 36.4 Å². The number of carbonyl (C=O) groups excluding carboxylic acids is 1. The summed E-state index contributed by atoms with van der Waals surface area (Å²) in [7, 11) is 0. The van der Waals surface area contributed by atoms with E-state index in [1.165, 1.54) is 31.2 Å². The summed E-state index contributed by atoms with van der Waals surface area (Å²) in [6, 6.07) is 19.9. The van der Waals surface area contributed by atoms with Gasteiger partial charge in [-0.15, -0.1) is 0 Å². The average molecular weight is 551 g/mol. The Morgan fingerprint density at radius 1 is 0.550 bits per heavy atom. The molecule has 2 aromatic carbocycles. The first-order valence-electron chi connectivity index (χ1n) is 15.3. The monoisotopic (exact) mass is 550 g/mol. The summed E-state index contributed by atoms with van der Waals surface area (Å²) >= 11 is 0. The number of carboxylic acid groups (broad SMARTS) is 2. The Morgan fingerprint density at radius 2 is 1.00 bits per heavy atom. The molecule has 0 bridgehead atoms. The quantitative estimate of drug-likeness (QED) is 0.143. The lowest BCUT2D eigenvalue weighted by molar-refractivity contribution is -0.143. The van der Waals surface area contributed by atoms with E-state index in [0.29, 0.717) is 25.7 Å². The van der Waals surface area contributed by atoms with E-state index in [9.17, 15) is 19.5 Å². The molecular formula is C35H50O5. The van der Waals surface area contributed by atoms with Crippen LogP contribution in [0.15, 0.2) is 60.7 Å². The zero-order valence-electron chi connectivity index (χ0n) is 24.7. The lowest BCUT2D eigenvalue weighted by Crippen LogP contribution is -2.32. The van der Waals surface area contributed by atoms with Crippen molar-refractivity contribution in [2.24, 2.45) is 0 Å². The Kier molecular flexibility index (Phi) is 14.7. The van der Waals surface area contributed by atoms with Gasteiger partial charge in [0, 0.05) is 19.3 Å². The second kappa shape index (κ2) is 17.7. The largest absolute Gasteiger partial charge is 0.481 e. The molecule has 0 saturated carbocycles. The van der Waals surface area contributed by atoms with Crippen molar-refractivity contribution in [3.8, 4) is 0 Å². The van der Waals surface area contributed by atoms with Gasteiger partial charge in [-0.25, -0.2) is 0 Å². The fraction of sp³-hybridized carbons (Fsp3) is 0.571. The third kappa shape index (κ3) is 11.7. The van der Waals surface area contributed by atoms with Gasteiger partial charge in [0.25, 0.3) is 0 Å². The van der Waals surface area contributed by atoms with Crippen molar-refractivity contribution in [3.63, 3.8) is 0 Å². The van der Waals surface area contributed by atoms with E-state index in [-0.39, 0.29) is 17.6 Å². The van der Waals surface area contributed by atoms with Crippen molar-refractivity contribution in [2.75, 3.05) is 0 Å². The molecule has 2 atom stereocenters. The van der Waals surface area contributed by atoms with Gasteiger partial charge in [-0.3, -0.25) is 14.4 Å². The first-order chi connectivity index (χ1) is 19.2. The van der Waals surface area contributed by atoms with Crippen molar-refractivity contribution in [2.45, 2.75) is 127 Å². The molecule has 2 rings (SSSR count). The molecule has 5 nitrogen and oxygen atoms in total. The van der Waals surface area contributed by atoms with Crippen LogP contribution in [0.4, 0.5) is 0 Å². The second-order valence-corrected chi connectivity index (χ2v) is 11.9. The lowest BCUT2D eigenvalue weighted by Gasteiger charge is -2.31. The summed E-state index contributed by atoms with van der Waals surface area (Å²) in [5, 5.41) is 18.6. The number of carboxylic acids is 2. The summed E-state index contributed by atoms with van der Waals surface area (Å²) < 4.78 is 0. The minimum Gasteiger partial charge on any atom is -0.481 e. The van der Waals surface area contributed by atoms with Gasteiger partial charge in [0.15, 0.2) is 0 Å². The van der Waals surface area contributed by atoms with Gasteiger partial charge in [0.05, 0.1) is 5.41 Å². The van der Waals surface area contributed by atoms with Gasteiger partial charge in [0.2, 0.25) is 0 Å². The highest BCUT2D eigenvalue weighted by Gasteiger charge is 2.34. The van der Waals surface area contributed by atoms with E-state index in [2.05, 4.69) is 31.2 Å². The summed E-state index contributed by atoms with van der Waals surface area (Å²) in [5.74, 6) is -1.33. The number of benzene rings is 2. The van der Waals surface area contributed by atoms with Crippen LogP contribution < -0.4 is 0 Å². The highest BCUT2D eigenvalue weighted by atomic mass is 16.4. The van der Waals surface area contributed by atoms with Gasteiger partial charge < -0.3 is 10.2 Å². The first kappa shape index (κ1) is 33.3. The van der Waals surface area contributed by atoms with Crippen LogP contribution in [0, 0.1) is 0 Å². The third-order valence-electron chi connectivity index (χ3n) is 8.54. The van der Waals surface area contributed by atoms with Crippen LogP contribution in [0.25, 0.3) is 0 Å². The predicted molar refractivity (Wildman–Crippen MR) is 162 cm³/mol. The molecule has 0 aliphatic heterocycles. The van der Waals surface area contributed by atoms with Crippen molar-refractivity contribution < 1.29 is 24.6 Å². The summed E-state index contributed by atoms with van der Waals surface area (Å²) in [6.45, 7) is 4.08. The molecule has 0 aliphatic rings. The molecule has 220 valence electrons. The average Bonchev–Trinajstić information content (AvgIpc) is 2.94. The Bertz CT molecular complexity index is 1020. The van der Waals surface area contributed by atoms with Gasteiger partial charge in [-0.1, -0.05) is 113 Å². The standard InChI is InChI=1S/C35H50O5/c1-34(29-19-11-9-12-20-29,26-16-8-6-4-3-5-7-15-25-32(37)38)27-17-23-31(36)24-18-28-35(2,33(39)40)30-21-13-10-14-22-30/h9-14,19-22H,3-8,15-18,23-28H2,1-2H3,(H,37,38)(H,39,40). The summed E-state index contributed by atoms with van der Waals surface area (Å²) in [5.41, 5.74) is 1.17. The molecule has 40 heavy (non-hydrogen) atoms. The number of ketones is 1. The normalized spacial score (nSPS) is 14.2.